The number of carbonyl (C=O) groups excluding carboxylic acids is 1. The maximum absolute atomic E-state index is 12.6. The number of aromatic nitrogens is 2. The van der Waals surface area contributed by atoms with Gasteiger partial charge >= 0.3 is 5.97 Å². The lowest BCUT2D eigenvalue weighted by molar-refractivity contribution is -0.272. The molecule has 4 rings (SSSR count). The molecule has 2 aromatic heterocycles. The average Bonchev–Trinajstić information content (AvgIpc) is 3.21. The lowest BCUT2D eigenvalue weighted by atomic mass is 9.93. The molecule has 8 heteroatoms. The number of thiazole rings is 1. The Bertz CT molecular complexity index is 1290. The van der Waals surface area contributed by atoms with E-state index in [0.29, 0.717) is 22.5 Å². The number of benzene rings is 2. The Morgan fingerprint density at radius 1 is 1.09 bits per heavy atom. The van der Waals surface area contributed by atoms with Crippen molar-refractivity contribution >= 4 is 50.7 Å². The summed E-state index contributed by atoms with van der Waals surface area (Å²) in [5.74, 6) is -0.440. The van der Waals surface area contributed by atoms with Crippen LogP contribution in [0.5, 0.6) is 0 Å². The molecule has 0 saturated carbocycles. The second-order valence-corrected chi connectivity index (χ2v) is 9.40. The molecule has 0 saturated heterocycles. The summed E-state index contributed by atoms with van der Waals surface area (Å²) < 4.78 is 0.953. The zero-order valence-corrected chi connectivity index (χ0v) is 20.6. The summed E-state index contributed by atoms with van der Waals surface area (Å²) in [5.41, 5.74) is 5.20. The fourth-order valence-corrected chi connectivity index (χ4v) is 4.90. The molecule has 0 fully saturated rings. The number of pyridine rings is 1. The van der Waals surface area contributed by atoms with E-state index in [4.69, 9.17) is 38.0 Å². The van der Waals surface area contributed by atoms with Gasteiger partial charge in [-0.25, -0.2) is 14.8 Å². The second kappa shape index (κ2) is 10.6. The molecule has 0 radical (unpaired) electrons. The van der Waals surface area contributed by atoms with E-state index >= 15 is 0 Å². The molecule has 0 unspecified atom stereocenters. The van der Waals surface area contributed by atoms with Gasteiger partial charge in [0.25, 0.3) is 0 Å². The highest BCUT2D eigenvalue weighted by Crippen LogP contribution is 2.40. The van der Waals surface area contributed by atoms with Crippen molar-refractivity contribution in [2.45, 2.75) is 33.1 Å². The van der Waals surface area contributed by atoms with Gasteiger partial charge in [0.2, 0.25) is 0 Å². The van der Waals surface area contributed by atoms with Crippen molar-refractivity contribution in [3.05, 3.63) is 69.8 Å². The van der Waals surface area contributed by atoms with E-state index in [1.165, 1.54) is 11.3 Å². The van der Waals surface area contributed by atoms with Gasteiger partial charge in [0, 0.05) is 10.6 Å². The third-order valence-corrected chi connectivity index (χ3v) is 6.71. The van der Waals surface area contributed by atoms with E-state index in [2.05, 4.69) is 4.98 Å². The lowest BCUT2D eigenvalue weighted by Gasteiger charge is -2.14. The Balaban J connectivity index is 1.80. The van der Waals surface area contributed by atoms with Crippen molar-refractivity contribution in [1.29, 1.82) is 0 Å². The number of carbonyl (C=O) groups is 1. The fourth-order valence-electron chi connectivity index (χ4n) is 3.51. The highest BCUT2D eigenvalue weighted by molar-refractivity contribution is 7.22. The maximum atomic E-state index is 12.6. The summed E-state index contributed by atoms with van der Waals surface area (Å²) in [6.07, 6.45) is 1.87. The molecule has 33 heavy (non-hydrogen) atoms. The van der Waals surface area contributed by atoms with Crippen LogP contribution in [0, 0.1) is 6.92 Å². The van der Waals surface area contributed by atoms with E-state index in [1.54, 1.807) is 6.07 Å². The highest BCUT2D eigenvalue weighted by atomic mass is 35.5. The number of unbranched alkanes of at least 4 members (excludes halogenated alkanes) is 1. The van der Waals surface area contributed by atoms with Crippen LogP contribution < -0.4 is 0 Å². The first-order valence-corrected chi connectivity index (χ1v) is 12.2. The zero-order valence-electron chi connectivity index (χ0n) is 18.2. The maximum Gasteiger partial charge on any atom is 0.346 e. The van der Waals surface area contributed by atoms with Crippen LogP contribution in [0.3, 0.4) is 0 Å². The van der Waals surface area contributed by atoms with E-state index in [0.717, 1.165) is 50.3 Å². The summed E-state index contributed by atoms with van der Waals surface area (Å²) in [5, 5.41) is 1.80. The molecule has 0 aliphatic heterocycles. The Labute approximate surface area is 206 Å². The monoisotopic (exact) mass is 500 g/mol. The van der Waals surface area contributed by atoms with Gasteiger partial charge < -0.3 is 0 Å². The first-order chi connectivity index (χ1) is 16.0. The molecule has 0 amide bonds. The molecule has 0 spiro atoms. The standard InChI is InChI=1S/C25H22Cl2N2O3S/c1-3-4-12-31-32-22(30)14-18-15(2)13-20-24(23(18)16-8-10-17(26)11-9-16)33-25(29-20)19-6-5-7-21(27)28-19/h5-11,13H,3-4,12,14H2,1-2H3. The summed E-state index contributed by atoms with van der Waals surface area (Å²) in [7, 11) is 0. The van der Waals surface area contributed by atoms with E-state index in [9.17, 15) is 4.79 Å². The second-order valence-electron chi connectivity index (χ2n) is 7.57. The molecule has 2 aromatic carbocycles. The van der Waals surface area contributed by atoms with Gasteiger partial charge in [0.1, 0.15) is 15.9 Å². The predicted octanol–water partition coefficient (Wildman–Crippen LogP) is 7.46. The van der Waals surface area contributed by atoms with Crippen LogP contribution in [0.15, 0.2) is 48.5 Å². The first-order valence-electron chi connectivity index (χ1n) is 10.6. The smallest absolute Gasteiger partial charge is 0.298 e. The Kier molecular flexibility index (Phi) is 7.60. The van der Waals surface area contributed by atoms with E-state index < -0.39 is 5.97 Å². The number of fused-ring (bicyclic) bond motifs is 1. The van der Waals surface area contributed by atoms with Crippen molar-refractivity contribution in [1.82, 2.24) is 9.97 Å². The van der Waals surface area contributed by atoms with Crippen LogP contribution in [0.2, 0.25) is 10.2 Å². The minimum atomic E-state index is -0.440. The van der Waals surface area contributed by atoms with E-state index in [-0.39, 0.29) is 6.42 Å². The van der Waals surface area contributed by atoms with Crippen molar-refractivity contribution in [2.24, 2.45) is 0 Å². The summed E-state index contributed by atoms with van der Waals surface area (Å²) in [4.78, 5) is 31.9. The van der Waals surface area contributed by atoms with Crippen LogP contribution in [-0.4, -0.2) is 22.5 Å². The normalized spacial score (nSPS) is 11.2. The number of halogens is 2. The summed E-state index contributed by atoms with van der Waals surface area (Å²) in [6, 6.07) is 15.0. The minimum absolute atomic E-state index is 0.0779. The molecular weight excluding hydrogens is 479 g/mol. The number of rotatable bonds is 8. The summed E-state index contributed by atoms with van der Waals surface area (Å²) >= 11 is 13.7. The van der Waals surface area contributed by atoms with Crippen molar-refractivity contribution in [2.75, 3.05) is 6.61 Å². The molecule has 5 nitrogen and oxygen atoms in total. The molecule has 0 aliphatic carbocycles. The predicted molar refractivity (Wildman–Crippen MR) is 134 cm³/mol. The van der Waals surface area contributed by atoms with Gasteiger partial charge in [0.05, 0.1) is 23.2 Å². The van der Waals surface area contributed by atoms with Crippen molar-refractivity contribution in [3.8, 4) is 21.8 Å². The molecule has 0 bridgehead atoms. The Hall–Kier alpha value is -2.51. The number of aryl methyl sites for hydroxylation is 1. The van der Waals surface area contributed by atoms with Crippen LogP contribution in [0.4, 0.5) is 0 Å². The molecule has 0 aliphatic rings. The van der Waals surface area contributed by atoms with E-state index in [1.807, 2.05) is 56.3 Å². The van der Waals surface area contributed by atoms with Gasteiger partial charge in [-0.1, -0.05) is 54.7 Å². The summed E-state index contributed by atoms with van der Waals surface area (Å²) in [6.45, 7) is 4.40. The molecule has 4 aromatic rings. The van der Waals surface area contributed by atoms with Crippen LogP contribution in [0.1, 0.15) is 30.9 Å². The van der Waals surface area contributed by atoms with Gasteiger partial charge in [-0.15, -0.1) is 11.3 Å². The number of hydrogen-bond acceptors (Lipinski definition) is 6. The largest absolute Gasteiger partial charge is 0.346 e. The van der Waals surface area contributed by atoms with Crippen LogP contribution in [0.25, 0.3) is 32.0 Å². The number of hydrogen-bond donors (Lipinski definition) is 0. The van der Waals surface area contributed by atoms with Crippen molar-refractivity contribution in [3.63, 3.8) is 0 Å². The third-order valence-electron chi connectivity index (χ3n) is 5.13. The Morgan fingerprint density at radius 2 is 1.88 bits per heavy atom. The lowest BCUT2D eigenvalue weighted by Crippen LogP contribution is -2.11. The number of nitrogens with zero attached hydrogens (tertiary/aromatic N) is 2. The molecule has 2 heterocycles. The van der Waals surface area contributed by atoms with Gasteiger partial charge in [-0.05, 0) is 60.4 Å². The molecular formula is C25H22Cl2N2O3S. The average molecular weight is 501 g/mol. The molecule has 170 valence electrons. The Morgan fingerprint density at radius 3 is 2.61 bits per heavy atom. The third kappa shape index (κ3) is 5.53. The first kappa shape index (κ1) is 23.6. The SMILES string of the molecule is CCCCOOC(=O)Cc1c(C)cc2nc(-c3cccc(Cl)n3)sc2c1-c1ccc(Cl)cc1. The van der Waals surface area contributed by atoms with Gasteiger partial charge in [0.15, 0.2) is 0 Å². The molecule has 0 N–H and O–H groups in total. The van der Waals surface area contributed by atoms with Gasteiger partial charge in [-0.3, -0.25) is 4.89 Å². The quantitative estimate of drug-likeness (QED) is 0.109. The topological polar surface area (TPSA) is 61.3 Å². The van der Waals surface area contributed by atoms with Crippen LogP contribution in [-0.2, 0) is 21.0 Å². The fraction of sp³-hybridized carbons (Fsp3) is 0.240. The highest BCUT2D eigenvalue weighted by Gasteiger charge is 2.21. The minimum Gasteiger partial charge on any atom is -0.298 e. The molecule has 0 atom stereocenters. The van der Waals surface area contributed by atoms with Crippen LogP contribution >= 0.6 is 34.5 Å². The van der Waals surface area contributed by atoms with Gasteiger partial charge in [-0.2, -0.15) is 4.89 Å². The zero-order chi connectivity index (χ0) is 23.4. The van der Waals surface area contributed by atoms with Crippen molar-refractivity contribution < 1.29 is 14.6 Å².